The van der Waals surface area contributed by atoms with Gasteiger partial charge in [-0.1, -0.05) is 6.07 Å². The third-order valence-corrected chi connectivity index (χ3v) is 4.00. The molecule has 0 bridgehead atoms. The van der Waals surface area contributed by atoms with Crippen LogP contribution in [0.3, 0.4) is 0 Å². The maximum Gasteiger partial charge on any atom is 0.166 e. The molecule has 0 atom stereocenters. The van der Waals surface area contributed by atoms with Crippen molar-refractivity contribution in [1.29, 1.82) is 0 Å². The predicted octanol–water partition coefficient (Wildman–Crippen LogP) is 2.39. The Morgan fingerprint density at radius 1 is 1.10 bits per heavy atom. The van der Waals surface area contributed by atoms with E-state index in [1.807, 2.05) is 6.07 Å². The summed E-state index contributed by atoms with van der Waals surface area (Å²) in [4.78, 5) is 0. The SMILES string of the molecule is COCc1c(CC2CCNCC2)ccc(OC)c1OC. The minimum absolute atomic E-state index is 0.556. The molecule has 0 unspecified atom stereocenters. The number of benzene rings is 1. The van der Waals surface area contributed by atoms with E-state index in [1.54, 1.807) is 21.3 Å². The molecule has 4 nitrogen and oxygen atoms in total. The number of hydrogen-bond acceptors (Lipinski definition) is 4. The van der Waals surface area contributed by atoms with Gasteiger partial charge in [-0.25, -0.2) is 0 Å². The van der Waals surface area contributed by atoms with E-state index in [2.05, 4.69) is 11.4 Å². The molecule has 1 aliphatic rings. The summed E-state index contributed by atoms with van der Waals surface area (Å²) in [5.74, 6) is 2.32. The van der Waals surface area contributed by atoms with Crippen LogP contribution in [0.15, 0.2) is 12.1 Å². The van der Waals surface area contributed by atoms with Crippen LogP contribution in [0.4, 0.5) is 0 Å². The van der Waals surface area contributed by atoms with Gasteiger partial charge >= 0.3 is 0 Å². The molecule has 1 fully saturated rings. The van der Waals surface area contributed by atoms with Crippen LogP contribution in [0.2, 0.25) is 0 Å². The smallest absolute Gasteiger partial charge is 0.166 e. The highest BCUT2D eigenvalue weighted by Gasteiger charge is 2.19. The second-order valence-corrected chi connectivity index (χ2v) is 5.27. The van der Waals surface area contributed by atoms with E-state index in [0.29, 0.717) is 6.61 Å². The number of rotatable bonds is 6. The summed E-state index contributed by atoms with van der Waals surface area (Å²) < 4.78 is 16.3. The van der Waals surface area contributed by atoms with E-state index >= 15 is 0 Å². The number of nitrogens with one attached hydrogen (secondary N) is 1. The van der Waals surface area contributed by atoms with Gasteiger partial charge in [-0.3, -0.25) is 0 Å². The van der Waals surface area contributed by atoms with Gasteiger partial charge in [0.25, 0.3) is 0 Å². The van der Waals surface area contributed by atoms with E-state index in [1.165, 1.54) is 18.4 Å². The van der Waals surface area contributed by atoms with Gasteiger partial charge in [-0.2, -0.15) is 0 Å². The van der Waals surface area contributed by atoms with Gasteiger partial charge in [0.2, 0.25) is 0 Å². The van der Waals surface area contributed by atoms with Crippen molar-refractivity contribution in [1.82, 2.24) is 5.32 Å². The molecule has 1 aromatic rings. The van der Waals surface area contributed by atoms with Crippen molar-refractivity contribution in [2.24, 2.45) is 5.92 Å². The Labute approximate surface area is 121 Å². The Morgan fingerprint density at radius 3 is 2.45 bits per heavy atom. The van der Waals surface area contributed by atoms with Crippen molar-refractivity contribution >= 4 is 0 Å². The average molecular weight is 279 g/mol. The third kappa shape index (κ3) is 3.44. The lowest BCUT2D eigenvalue weighted by Gasteiger charge is -2.24. The molecular formula is C16H25NO3. The summed E-state index contributed by atoms with van der Waals surface area (Å²) in [6.07, 6.45) is 3.56. The van der Waals surface area contributed by atoms with E-state index in [4.69, 9.17) is 14.2 Å². The van der Waals surface area contributed by atoms with Crippen molar-refractivity contribution in [3.8, 4) is 11.5 Å². The first-order valence-electron chi connectivity index (χ1n) is 7.22. The zero-order valence-corrected chi connectivity index (χ0v) is 12.7. The van der Waals surface area contributed by atoms with Crippen LogP contribution in [0.1, 0.15) is 24.0 Å². The van der Waals surface area contributed by atoms with Gasteiger partial charge in [0.1, 0.15) is 0 Å². The Balaban J connectivity index is 2.25. The third-order valence-electron chi connectivity index (χ3n) is 4.00. The lowest BCUT2D eigenvalue weighted by Crippen LogP contribution is -2.28. The fraction of sp³-hybridized carbons (Fsp3) is 0.625. The maximum absolute atomic E-state index is 5.53. The second kappa shape index (κ2) is 7.50. The van der Waals surface area contributed by atoms with Crippen LogP contribution >= 0.6 is 0 Å². The number of ether oxygens (including phenoxy) is 3. The average Bonchev–Trinajstić information content (AvgIpc) is 2.49. The normalized spacial score (nSPS) is 16.1. The largest absolute Gasteiger partial charge is 0.493 e. The van der Waals surface area contributed by atoms with Crippen LogP contribution in [0, 0.1) is 5.92 Å². The molecule has 1 aliphatic heterocycles. The fourth-order valence-corrected chi connectivity index (χ4v) is 2.92. The number of hydrogen-bond donors (Lipinski definition) is 1. The first kappa shape index (κ1) is 15.1. The quantitative estimate of drug-likeness (QED) is 0.868. The fourth-order valence-electron chi connectivity index (χ4n) is 2.92. The van der Waals surface area contributed by atoms with Crippen molar-refractivity contribution in [3.63, 3.8) is 0 Å². The van der Waals surface area contributed by atoms with Crippen LogP contribution in [-0.2, 0) is 17.8 Å². The van der Waals surface area contributed by atoms with Crippen LogP contribution < -0.4 is 14.8 Å². The van der Waals surface area contributed by atoms with E-state index in [0.717, 1.165) is 42.5 Å². The molecule has 0 radical (unpaired) electrons. The first-order valence-corrected chi connectivity index (χ1v) is 7.22. The van der Waals surface area contributed by atoms with Gasteiger partial charge in [-0.05, 0) is 49.9 Å². The summed E-state index contributed by atoms with van der Waals surface area (Å²) in [6, 6.07) is 4.14. The maximum atomic E-state index is 5.53. The summed E-state index contributed by atoms with van der Waals surface area (Å²) in [5.41, 5.74) is 2.43. The van der Waals surface area contributed by atoms with Gasteiger partial charge in [0, 0.05) is 12.7 Å². The monoisotopic (exact) mass is 279 g/mol. The number of methoxy groups -OCH3 is 3. The number of piperidine rings is 1. The van der Waals surface area contributed by atoms with Crippen molar-refractivity contribution in [2.45, 2.75) is 25.9 Å². The molecular weight excluding hydrogens is 254 g/mol. The zero-order valence-electron chi connectivity index (χ0n) is 12.7. The summed E-state index contributed by atoms with van der Waals surface area (Å²) in [5, 5.41) is 3.41. The molecule has 0 spiro atoms. The molecule has 1 saturated heterocycles. The summed E-state index contributed by atoms with van der Waals surface area (Å²) in [7, 11) is 5.07. The van der Waals surface area contributed by atoms with Gasteiger partial charge in [0.15, 0.2) is 11.5 Å². The van der Waals surface area contributed by atoms with E-state index in [-0.39, 0.29) is 0 Å². The molecule has 0 aromatic heterocycles. The highest BCUT2D eigenvalue weighted by molar-refractivity contribution is 5.50. The van der Waals surface area contributed by atoms with Gasteiger partial charge < -0.3 is 19.5 Å². The van der Waals surface area contributed by atoms with Crippen molar-refractivity contribution < 1.29 is 14.2 Å². The highest BCUT2D eigenvalue weighted by Crippen LogP contribution is 2.35. The van der Waals surface area contributed by atoms with E-state index in [9.17, 15) is 0 Å². The Morgan fingerprint density at radius 2 is 1.85 bits per heavy atom. The van der Waals surface area contributed by atoms with Gasteiger partial charge in [0.05, 0.1) is 20.8 Å². The molecule has 4 heteroatoms. The molecule has 20 heavy (non-hydrogen) atoms. The minimum atomic E-state index is 0.556. The van der Waals surface area contributed by atoms with Crippen LogP contribution in [-0.4, -0.2) is 34.4 Å². The summed E-state index contributed by atoms with van der Waals surface area (Å²) >= 11 is 0. The standard InChI is InChI=1S/C16H25NO3/c1-18-11-14-13(10-12-6-8-17-9-7-12)4-5-15(19-2)16(14)20-3/h4-5,12,17H,6-11H2,1-3H3. The molecule has 2 rings (SSSR count). The van der Waals surface area contributed by atoms with Crippen molar-refractivity contribution in [3.05, 3.63) is 23.3 Å². The van der Waals surface area contributed by atoms with Crippen LogP contribution in [0.25, 0.3) is 0 Å². The Bertz CT molecular complexity index is 428. The van der Waals surface area contributed by atoms with Crippen molar-refractivity contribution in [2.75, 3.05) is 34.4 Å². The lowest BCUT2D eigenvalue weighted by molar-refractivity contribution is 0.179. The highest BCUT2D eigenvalue weighted by atomic mass is 16.5. The molecule has 1 aromatic carbocycles. The summed E-state index contributed by atoms with van der Waals surface area (Å²) in [6.45, 7) is 2.80. The zero-order chi connectivity index (χ0) is 14.4. The molecule has 0 saturated carbocycles. The Kier molecular flexibility index (Phi) is 5.68. The first-order chi connectivity index (χ1) is 9.80. The second-order valence-electron chi connectivity index (χ2n) is 5.27. The predicted molar refractivity (Wildman–Crippen MR) is 79.6 cm³/mol. The molecule has 112 valence electrons. The lowest BCUT2D eigenvalue weighted by atomic mass is 9.89. The topological polar surface area (TPSA) is 39.7 Å². The molecule has 1 heterocycles. The molecule has 1 N–H and O–H groups in total. The minimum Gasteiger partial charge on any atom is -0.493 e. The Hall–Kier alpha value is -1.26. The van der Waals surface area contributed by atoms with Gasteiger partial charge in [-0.15, -0.1) is 0 Å². The molecule has 0 aliphatic carbocycles. The van der Waals surface area contributed by atoms with E-state index < -0.39 is 0 Å². The van der Waals surface area contributed by atoms with Crippen LogP contribution in [0.5, 0.6) is 11.5 Å². The molecule has 0 amide bonds.